The zero-order valence-corrected chi connectivity index (χ0v) is 21.2. The van der Waals surface area contributed by atoms with Crippen molar-refractivity contribution in [3.63, 3.8) is 0 Å². The molecule has 0 amide bonds. The second kappa shape index (κ2) is 10.6. The van der Waals surface area contributed by atoms with Gasteiger partial charge in [0.2, 0.25) is 11.9 Å². The topological polar surface area (TPSA) is 79.0 Å². The molecule has 0 bridgehead atoms. The number of rotatable bonds is 8. The molecule has 3 aromatic carbocycles. The van der Waals surface area contributed by atoms with Crippen LogP contribution in [-0.4, -0.2) is 46.2 Å². The molecule has 37 heavy (non-hydrogen) atoms. The van der Waals surface area contributed by atoms with Crippen LogP contribution in [0.1, 0.15) is 30.3 Å². The van der Waals surface area contributed by atoms with Crippen LogP contribution in [0.5, 0.6) is 0 Å². The lowest BCUT2D eigenvalue weighted by molar-refractivity contribution is 0.122. The Morgan fingerprint density at radius 1 is 0.838 bits per heavy atom. The monoisotopic (exact) mass is 492 g/mol. The van der Waals surface area contributed by atoms with Gasteiger partial charge in [-0.3, -0.25) is 0 Å². The van der Waals surface area contributed by atoms with Crippen molar-refractivity contribution in [1.29, 1.82) is 0 Å². The summed E-state index contributed by atoms with van der Waals surface area (Å²) in [5.41, 5.74) is 5.96. The largest absolute Gasteiger partial charge is 0.378 e. The Kier molecular flexibility index (Phi) is 6.69. The number of nitrogens with zero attached hydrogens (tertiary/aromatic N) is 4. The van der Waals surface area contributed by atoms with E-state index in [9.17, 15) is 0 Å². The summed E-state index contributed by atoms with van der Waals surface area (Å²) in [6.45, 7) is 5.15. The van der Waals surface area contributed by atoms with E-state index in [1.807, 2.05) is 0 Å². The van der Waals surface area contributed by atoms with Crippen LogP contribution in [0.25, 0.3) is 21.8 Å². The number of H-pyrrole nitrogens is 1. The number of nitrogens with one attached hydrogen (secondary N) is 2. The zero-order valence-electron chi connectivity index (χ0n) is 21.2. The number of morpholine rings is 1. The lowest BCUT2D eigenvalue weighted by atomic mass is 10.0. The van der Waals surface area contributed by atoms with Gasteiger partial charge in [0.15, 0.2) is 0 Å². The minimum Gasteiger partial charge on any atom is -0.378 e. The highest BCUT2D eigenvalue weighted by molar-refractivity contribution is 6.08. The molecule has 0 saturated carbocycles. The molecule has 0 unspecified atom stereocenters. The Morgan fingerprint density at radius 2 is 1.68 bits per heavy atom. The third-order valence-corrected chi connectivity index (χ3v) is 6.99. The van der Waals surface area contributed by atoms with Crippen LogP contribution < -0.4 is 10.2 Å². The van der Waals surface area contributed by atoms with Crippen molar-refractivity contribution in [3.05, 3.63) is 83.7 Å². The average Bonchev–Trinajstić information content (AvgIpc) is 3.32. The van der Waals surface area contributed by atoms with E-state index in [0.717, 1.165) is 67.3 Å². The van der Waals surface area contributed by atoms with Crippen molar-refractivity contribution < 1.29 is 4.74 Å². The Balaban J connectivity index is 1.25. The molecule has 0 spiro atoms. The molecule has 3 heterocycles. The maximum atomic E-state index is 5.55. The number of aromatic amines is 1. The molecule has 2 aromatic heterocycles. The molecule has 2 N–H and O–H groups in total. The lowest BCUT2D eigenvalue weighted by Crippen LogP contribution is -2.37. The number of anilines is 3. The maximum absolute atomic E-state index is 5.55. The van der Waals surface area contributed by atoms with Gasteiger partial charge in [-0.1, -0.05) is 49.4 Å². The number of hydrogen-bond acceptors (Lipinski definition) is 6. The van der Waals surface area contributed by atoms with Crippen LogP contribution in [0.15, 0.2) is 66.7 Å². The molecule has 6 rings (SSSR count). The third-order valence-electron chi connectivity index (χ3n) is 6.99. The summed E-state index contributed by atoms with van der Waals surface area (Å²) in [4.78, 5) is 20.1. The van der Waals surface area contributed by atoms with E-state index in [4.69, 9.17) is 19.7 Å². The van der Waals surface area contributed by atoms with Gasteiger partial charge in [0.05, 0.1) is 13.2 Å². The van der Waals surface area contributed by atoms with Gasteiger partial charge < -0.3 is 19.9 Å². The average molecular weight is 493 g/mol. The van der Waals surface area contributed by atoms with Gasteiger partial charge in [-0.25, -0.2) is 0 Å². The van der Waals surface area contributed by atoms with E-state index in [2.05, 4.69) is 88.9 Å². The van der Waals surface area contributed by atoms with Gasteiger partial charge in [0, 0.05) is 47.0 Å². The van der Waals surface area contributed by atoms with Crippen LogP contribution in [0.2, 0.25) is 0 Å². The van der Waals surface area contributed by atoms with Crippen LogP contribution >= 0.6 is 0 Å². The van der Waals surface area contributed by atoms with Crippen LogP contribution in [0, 0.1) is 0 Å². The molecule has 1 aliphatic rings. The summed E-state index contributed by atoms with van der Waals surface area (Å²) in [7, 11) is 0. The van der Waals surface area contributed by atoms with E-state index >= 15 is 0 Å². The Morgan fingerprint density at radius 3 is 2.57 bits per heavy atom. The Bertz CT molecular complexity index is 1520. The Hall–Kier alpha value is -3.97. The van der Waals surface area contributed by atoms with Crippen molar-refractivity contribution in [2.24, 2.45) is 0 Å². The smallest absolute Gasteiger partial charge is 0.232 e. The fourth-order valence-electron chi connectivity index (χ4n) is 4.99. The minimum absolute atomic E-state index is 0.582. The molecule has 7 nitrogen and oxygen atoms in total. The molecule has 188 valence electrons. The quantitative estimate of drug-likeness (QED) is 0.284. The summed E-state index contributed by atoms with van der Waals surface area (Å²) in [5, 5.41) is 5.84. The highest BCUT2D eigenvalue weighted by Crippen LogP contribution is 2.28. The number of aromatic nitrogens is 4. The first-order chi connectivity index (χ1) is 18.2. The highest BCUT2D eigenvalue weighted by atomic mass is 16.5. The molecular weight excluding hydrogens is 460 g/mol. The first-order valence-corrected chi connectivity index (χ1v) is 13.2. The number of aryl methyl sites for hydroxylation is 3. The molecule has 0 radical (unpaired) electrons. The number of benzene rings is 3. The summed E-state index contributed by atoms with van der Waals surface area (Å²) < 4.78 is 5.55. The third kappa shape index (κ3) is 5.27. The first-order valence-electron chi connectivity index (χ1n) is 13.2. The zero-order chi connectivity index (χ0) is 25.0. The molecule has 1 fully saturated rings. The molecule has 7 heteroatoms. The van der Waals surface area contributed by atoms with E-state index < -0.39 is 0 Å². The van der Waals surface area contributed by atoms with Crippen molar-refractivity contribution in [2.45, 2.75) is 32.6 Å². The molecule has 0 aliphatic carbocycles. The number of fused-ring (bicyclic) bond motifs is 3. The number of ether oxygens (including phenoxy) is 1. The van der Waals surface area contributed by atoms with Gasteiger partial charge in [0.25, 0.3) is 0 Å². The van der Waals surface area contributed by atoms with E-state index in [1.54, 1.807) is 0 Å². The van der Waals surface area contributed by atoms with Crippen molar-refractivity contribution >= 4 is 39.4 Å². The van der Waals surface area contributed by atoms with Gasteiger partial charge >= 0.3 is 0 Å². The predicted molar refractivity (Wildman–Crippen MR) is 150 cm³/mol. The summed E-state index contributed by atoms with van der Waals surface area (Å²) in [5.74, 6) is 2.12. The summed E-state index contributed by atoms with van der Waals surface area (Å²) in [6.07, 6.45) is 3.85. The van der Waals surface area contributed by atoms with E-state index in [0.29, 0.717) is 19.2 Å². The number of para-hydroxylation sites is 1. The summed E-state index contributed by atoms with van der Waals surface area (Å²) in [6, 6.07) is 23.6. The second-order valence-electron chi connectivity index (χ2n) is 9.56. The molecular formula is C30H32N6O. The van der Waals surface area contributed by atoms with Gasteiger partial charge in [-0.15, -0.1) is 0 Å². The van der Waals surface area contributed by atoms with Crippen LogP contribution in [0.4, 0.5) is 17.6 Å². The van der Waals surface area contributed by atoms with Crippen molar-refractivity contribution in [2.75, 3.05) is 36.5 Å². The van der Waals surface area contributed by atoms with Gasteiger partial charge in [-0.2, -0.15) is 15.0 Å². The predicted octanol–water partition coefficient (Wildman–Crippen LogP) is 5.82. The van der Waals surface area contributed by atoms with Crippen LogP contribution in [-0.2, 0) is 24.0 Å². The number of hydrogen-bond donors (Lipinski definition) is 2. The fraction of sp³-hybridized carbons (Fsp3) is 0.300. The van der Waals surface area contributed by atoms with Crippen molar-refractivity contribution in [3.8, 4) is 0 Å². The SMILES string of the molecule is CCc1cccc(CCCc2nc(Nc3ccc4[nH]c5ccccc5c4c3)nc(N3CCOCC3)n2)c1. The maximum Gasteiger partial charge on any atom is 0.232 e. The van der Waals surface area contributed by atoms with E-state index in [1.165, 1.54) is 21.9 Å². The summed E-state index contributed by atoms with van der Waals surface area (Å²) >= 11 is 0. The fourth-order valence-corrected chi connectivity index (χ4v) is 4.99. The highest BCUT2D eigenvalue weighted by Gasteiger charge is 2.17. The minimum atomic E-state index is 0.582. The first kappa shape index (κ1) is 23.4. The van der Waals surface area contributed by atoms with Crippen LogP contribution in [0.3, 0.4) is 0 Å². The Labute approximate surface area is 216 Å². The molecule has 5 aromatic rings. The van der Waals surface area contributed by atoms with E-state index in [-0.39, 0.29) is 0 Å². The molecule has 1 saturated heterocycles. The molecule has 0 atom stereocenters. The standard InChI is InChI=1S/C30H32N6O/c1-2-21-7-5-8-22(19-21)9-6-12-28-33-29(35-30(34-28)36-15-17-37-18-16-36)31-23-13-14-27-25(20-23)24-10-3-4-11-26(24)32-27/h3-5,7-8,10-11,13-14,19-20,32H,2,6,9,12,15-18H2,1H3,(H,31,33,34,35). The van der Waals surface area contributed by atoms with Gasteiger partial charge in [-0.05, 0) is 54.7 Å². The van der Waals surface area contributed by atoms with Gasteiger partial charge in [0.1, 0.15) is 5.82 Å². The van der Waals surface area contributed by atoms with Crippen molar-refractivity contribution in [1.82, 2.24) is 19.9 Å². The lowest BCUT2D eigenvalue weighted by Gasteiger charge is -2.27. The second-order valence-corrected chi connectivity index (χ2v) is 9.56. The molecule has 1 aliphatic heterocycles. The normalized spacial score (nSPS) is 13.9.